The van der Waals surface area contributed by atoms with E-state index in [1.54, 1.807) is 7.11 Å². The SMILES string of the molecule is CCC1(C)CN(C(C)(C)COC)C(C)CN1. The van der Waals surface area contributed by atoms with Gasteiger partial charge in [-0.05, 0) is 34.1 Å². The molecule has 0 aromatic heterocycles. The van der Waals surface area contributed by atoms with Gasteiger partial charge in [-0.15, -0.1) is 0 Å². The molecule has 1 N–H and O–H groups in total. The van der Waals surface area contributed by atoms with Crippen molar-refractivity contribution in [2.45, 2.75) is 58.2 Å². The highest BCUT2D eigenvalue weighted by molar-refractivity contribution is 4.98. The van der Waals surface area contributed by atoms with Gasteiger partial charge in [0.15, 0.2) is 0 Å². The number of methoxy groups -OCH3 is 1. The van der Waals surface area contributed by atoms with E-state index in [9.17, 15) is 0 Å². The third-order valence-electron chi connectivity index (χ3n) is 3.93. The summed E-state index contributed by atoms with van der Waals surface area (Å²) in [5.41, 5.74) is 0.365. The van der Waals surface area contributed by atoms with Gasteiger partial charge in [0.05, 0.1) is 6.61 Å². The quantitative estimate of drug-likeness (QED) is 0.795. The van der Waals surface area contributed by atoms with Crippen molar-refractivity contribution in [2.24, 2.45) is 0 Å². The molecule has 0 aliphatic carbocycles. The van der Waals surface area contributed by atoms with Gasteiger partial charge in [0.1, 0.15) is 0 Å². The molecule has 3 heteroatoms. The monoisotopic (exact) mass is 228 g/mol. The normalized spacial score (nSPS) is 33.0. The lowest BCUT2D eigenvalue weighted by atomic mass is 9.89. The lowest BCUT2D eigenvalue weighted by Crippen LogP contribution is -2.67. The van der Waals surface area contributed by atoms with E-state index < -0.39 is 0 Å². The van der Waals surface area contributed by atoms with Gasteiger partial charge >= 0.3 is 0 Å². The molecule has 0 spiro atoms. The molecule has 1 fully saturated rings. The Morgan fingerprint density at radius 1 is 1.50 bits per heavy atom. The number of ether oxygens (including phenoxy) is 1. The number of rotatable bonds is 4. The molecule has 1 aliphatic heterocycles. The Balaban J connectivity index is 2.76. The number of hydrogen-bond donors (Lipinski definition) is 1. The standard InChI is InChI=1S/C13H28N2O/c1-7-13(5)9-15(11(2)8-14-13)12(3,4)10-16-6/h11,14H,7-10H2,1-6H3. The summed E-state index contributed by atoms with van der Waals surface area (Å²) in [6.45, 7) is 14.4. The summed E-state index contributed by atoms with van der Waals surface area (Å²) >= 11 is 0. The van der Waals surface area contributed by atoms with Crippen LogP contribution in [0.1, 0.15) is 41.0 Å². The first kappa shape index (κ1) is 13.9. The van der Waals surface area contributed by atoms with E-state index in [0.29, 0.717) is 6.04 Å². The largest absolute Gasteiger partial charge is 0.383 e. The van der Waals surface area contributed by atoms with Crippen molar-refractivity contribution in [3.8, 4) is 0 Å². The zero-order valence-corrected chi connectivity index (χ0v) is 11.8. The molecule has 1 aliphatic rings. The van der Waals surface area contributed by atoms with E-state index >= 15 is 0 Å². The first-order chi connectivity index (χ1) is 7.34. The van der Waals surface area contributed by atoms with Crippen LogP contribution in [0, 0.1) is 0 Å². The summed E-state index contributed by atoms with van der Waals surface area (Å²) in [6, 6.07) is 0.574. The van der Waals surface area contributed by atoms with Crippen LogP contribution in [0.3, 0.4) is 0 Å². The highest BCUT2D eigenvalue weighted by atomic mass is 16.5. The molecule has 0 aromatic rings. The fraction of sp³-hybridized carbons (Fsp3) is 1.00. The van der Waals surface area contributed by atoms with Crippen molar-refractivity contribution in [3.05, 3.63) is 0 Å². The minimum absolute atomic E-state index is 0.118. The first-order valence-corrected chi connectivity index (χ1v) is 6.35. The van der Waals surface area contributed by atoms with Crippen LogP contribution in [-0.4, -0.2) is 48.8 Å². The van der Waals surface area contributed by atoms with E-state index in [2.05, 4.69) is 44.8 Å². The van der Waals surface area contributed by atoms with Gasteiger partial charge in [-0.2, -0.15) is 0 Å². The number of nitrogens with zero attached hydrogens (tertiary/aromatic N) is 1. The predicted octanol–water partition coefficient (Wildman–Crippen LogP) is 1.87. The molecule has 2 unspecified atom stereocenters. The van der Waals surface area contributed by atoms with Crippen molar-refractivity contribution in [1.82, 2.24) is 10.2 Å². The molecule has 96 valence electrons. The first-order valence-electron chi connectivity index (χ1n) is 6.35. The van der Waals surface area contributed by atoms with Crippen molar-refractivity contribution < 1.29 is 4.74 Å². The minimum atomic E-state index is 0.118. The zero-order chi connectivity index (χ0) is 12.4. The molecule has 0 aromatic carbocycles. The van der Waals surface area contributed by atoms with Crippen LogP contribution in [0.25, 0.3) is 0 Å². The van der Waals surface area contributed by atoms with Gasteiger partial charge < -0.3 is 10.1 Å². The fourth-order valence-electron chi connectivity index (χ4n) is 2.58. The van der Waals surface area contributed by atoms with Crippen LogP contribution in [0.15, 0.2) is 0 Å². The van der Waals surface area contributed by atoms with Crippen LogP contribution in [0.2, 0.25) is 0 Å². The molecular formula is C13H28N2O. The molecule has 1 rings (SSSR count). The van der Waals surface area contributed by atoms with E-state index in [4.69, 9.17) is 4.74 Å². The van der Waals surface area contributed by atoms with E-state index in [0.717, 1.165) is 19.7 Å². The Morgan fingerprint density at radius 3 is 2.62 bits per heavy atom. The zero-order valence-electron chi connectivity index (χ0n) is 11.8. The Labute approximate surface area is 101 Å². The lowest BCUT2D eigenvalue weighted by Gasteiger charge is -2.51. The molecule has 1 saturated heterocycles. The second-order valence-corrected chi connectivity index (χ2v) is 6.02. The van der Waals surface area contributed by atoms with E-state index in [1.807, 2.05) is 0 Å². The molecule has 0 saturated carbocycles. The maximum absolute atomic E-state index is 5.35. The summed E-state index contributed by atoms with van der Waals surface area (Å²) < 4.78 is 5.35. The second kappa shape index (κ2) is 5.03. The second-order valence-electron chi connectivity index (χ2n) is 6.02. The average Bonchev–Trinajstić information content (AvgIpc) is 2.22. The third kappa shape index (κ3) is 2.96. The minimum Gasteiger partial charge on any atom is -0.383 e. The highest BCUT2D eigenvalue weighted by Crippen LogP contribution is 2.26. The van der Waals surface area contributed by atoms with Crippen LogP contribution >= 0.6 is 0 Å². The molecule has 0 amide bonds. The maximum atomic E-state index is 5.35. The smallest absolute Gasteiger partial charge is 0.0641 e. The predicted molar refractivity (Wildman–Crippen MR) is 68.8 cm³/mol. The van der Waals surface area contributed by atoms with Crippen molar-refractivity contribution in [1.29, 1.82) is 0 Å². The average molecular weight is 228 g/mol. The van der Waals surface area contributed by atoms with Crippen molar-refractivity contribution in [2.75, 3.05) is 26.8 Å². The van der Waals surface area contributed by atoms with Crippen molar-refractivity contribution in [3.63, 3.8) is 0 Å². The van der Waals surface area contributed by atoms with E-state index in [-0.39, 0.29) is 11.1 Å². The van der Waals surface area contributed by atoms with Crippen LogP contribution in [0.5, 0.6) is 0 Å². The highest BCUT2D eigenvalue weighted by Gasteiger charge is 2.39. The topological polar surface area (TPSA) is 24.5 Å². The Morgan fingerprint density at radius 2 is 2.12 bits per heavy atom. The molecule has 0 radical (unpaired) electrons. The summed E-state index contributed by atoms with van der Waals surface area (Å²) in [7, 11) is 1.79. The lowest BCUT2D eigenvalue weighted by molar-refractivity contribution is -0.0288. The summed E-state index contributed by atoms with van der Waals surface area (Å²) in [6.07, 6.45) is 1.17. The summed E-state index contributed by atoms with van der Waals surface area (Å²) in [5.74, 6) is 0. The molecule has 3 nitrogen and oxygen atoms in total. The van der Waals surface area contributed by atoms with Gasteiger partial charge in [-0.1, -0.05) is 6.92 Å². The molecule has 1 heterocycles. The number of nitrogens with one attached hydrogen (secondary N) is 1. The molecule has 0 bridgehead atoms. The van der Waals surface area contributed by atoms with Gasteiger partial charge in [-0.3, -0.25) is 4.90 Å². The Bertz CT molecular complexity index is 230. The van der Waals surface area contributed by atoms with Crippen LogP contribution < -0.4 is 5.32 Å². The molecule has 16 heavy (non-hydrogen) atoms. The molecular weight excluding hydrogens is 200 g/mol. The van der Waals surface area contributed by atoms with Crippen LogP contribution in [-0.2, 0) is 4.74 Å². The molecule has 2 atom stereocenters. The fourth-order valence-corrected chi connectivity index (χ4v) is 2.58. The van der Waals surface area contributed by atoms with Crippen molar-refractivity contribution >= 4 is 0 Å². The van der Waals surface area contributed by atoms with Crippen LogP contribution in [0.4, 0.5) is 0 Å². The van der Waals surface area contributed by atoms with Gasteiger partial charge in [0.2, 0.25) is 0 Å². The maximum Gasteiger partial charge on any atom is 0.0641 e. The number of hydrogen-bond acceptors (Lipinski definition) is 3. The van der Waals surface area contributed by atoms with Gasteiger partial charge in [0, 0.05) is 37.3 Å². The third-order valence-corrected chi connectivity index (χ3v) is 3.93. The summed E-state index contributed by atoms with van der Waals surface area (Å²) in [4.78, 5) is 2.58. The summed E-state index contributed by atoms with van der Waals surface area (Å²) in [5, 5.41) is 3.66. The Hall–Kier alpha value is -0.120. The Kier molecular flexibility index (Phi) is 4.38. The van der Waals surface area contributed by atoms with E-state index in [1.165, 1.54) is 6.42 Å². The van der Waals surface area contributed by atoms with Gasteiger partial charge in [0.25, 0.3) is 0 Å². The number of piperazine rings is 1. The van der Waals surface area contributed by atoms with Gasteiger partial charge in [-0.25, -0.2) is 0 Å².